The zero-order valence-corrected chi connectivity index (χ0v) is 17.3. The Labute approximate surface area is 170 Å². The van der Waals surface area contributed by atoms with Crippen molar-refractivity contribution in [1.82, 2.24) is 24.6 Å². The van der Waals surface area contributed by atoms with Crippen molar-refractivity contribution >= 4 is 17.1 Å². The molecule has 29 heavy (non-hydrogen) atoms. The number of likely N-dealkylation sites (tertiary alicyclic amines) is 1. The van der Waals surface area contributed by atoms with Crippen LogP contribution in [0.1, 0.15) is 42.0 Å². The number of ether oxygens (including phenoxy) is 1. The van der Waals surface area contributed by atoms with E-state index in [1.807, 2.05) is 31.0 Å². The van der Waals surface area contributed by atoms with E-state index in [1.54, 1.807) is 24.2 Å². The Balaban J connectivity index is 1.43. The summed E-state index contributed by atoms with van der Waals surface area (Å²) in [5, 5.41) is 4.67. The van der Waals surface area contributed by atoms with Crippen LogP contribution in [0.25, 0.3) is 11.2 Å². The van der Waals surface area contributed by atoms with Gasteiger partial charge in [0.05, 0.1) is 12.8 Å². The molecular formula is C22H27N5O2. The summed E-state index contributed by atoms with van der Waals surface area (Å²) in [5.74, 6) is 1.27. The number of hydrogen-bond donors (Lipinski definition) is 0. The molecule has 1 aliphatic heterocycles. The normalized spacial score (nSPS) is 16.9. The van der Waals surface area contributed by atoms with E-state index in [0.29, 0.717) is 19.4 Å². The molecular weight excluding hydrogens is 366 g/mol. The molecule has 1 atom stereocenters. The van der Waals surface area contributed by atoms with Crippen molar-refractivity contribution in [3.8, 4) is 5.75 Å². The van der Waals surface area contributed by atoms with Crippen molar-refractivity contribution in [1.29, 1.82) is 0 Å². The second kappa shape index (κ2) is 8.19. The lowest BCUT2D eigenvalue weighted by Crippen LogP contribution is -2.39. The van der Waals surface area contributed by atoms with Gasteiger partial charge in [-0.2, -0.15) is 5.10 Å². The number of amides is 1. The van der Waals surface area contributed by atoms with Crippen molar-refractivity contribution in [3.63, 3.8) is 0 Å². The van der Waals surface area contributed by atoms with E-state index in [4.69, 9.17) is 4.74 Å². The number of hydrogen-bond acceptors (Lipinski definition) is 5. The molecule has 0 radical (unpaired) electrons. The third-order valence-electron chi connectivity index (χ3n) is 5.75. The Morgan fingerprint density at radius 1 is 1.28 bits per heavy atom. The van der Waals surface area contributed by atoms with E-state index < -0.39 is 0 Å². The van der Waals surface area contributed by atoms with E-state index in [-0.39, 0.29) is 11.8 Å². The van der Waals surface area contributed by atoms with E-state index >= 15 is 0 Å². The Hall–Kier alpha value is -2.96. The molecule has 1 aromatic carbocycles. The topological polar surface area (TPSA) is 73.1 Å². The lowest BCUT2D eigenvalue weighted by Gasteiger charge is -2.32. The van der Waals surface area contributed by atoms with Crippen molar-refractivity contribution in [2.45, 2.75) is 38.5 Å². The van der Waals surface area contributed by atoms with Gasteiger partial charge >= 0.3 is 0 Å². The van der Waals surface area contributed by atoms with Gasteiger partial charge in [-0.25, -0.2) is 14.6 Å². The number of piperidine rings is 1. The number of benzene rings is 1. The van der Waals surface area contributed by atoms with Crippen LogP contribution in [0.2, 0.25) is 0 Å². The summed E-state index contributed by atoms with van der Waals surface area (Å²) in [6.07, 6.45) is 6.60. The van der Waals surface area contributed by atoms with Crippen LogP contribution < -0.4 is 4.74 Å². The number of aryl methyl sites for hydroxylation is 3. The largest absolute Gasteiger partial charge is 0.496 e. The third-order valence-corrected chi connectivity index (χ3v) is 5.75. The zero-order chi connectivity index (χ0) is 20.4. The Kier molecular flexibility index (Phi) is 5.47. The molecule has 1 aliphatic rings. The molecule has 2 aromatic heterocycles. The van der Waals surface area contributed by atoms with E-state index in [2.05, 4.69) is 21.1 Å². The summed E-state index contributed by atoms with van der Waals surface area (Å²) in [6.45, 7) is 3.52. The maximum Gasteiger partial charge on any atom is 0.222 e. The van der Waals surface area contributed by atoms with E-state index in [9.17, 15) is 4.79 Å². The zero-order valence-electron chi connectivity index (χ0n) is 17.3. The maximum atomic E-state index is 12.9. The maximum absolute atomic E-state index is 12.9. The summed E-state index contributed by atoms with van der Waals surface area (Å²) in [6, 6.07) is 6.14. The molecule has 1 fully saturated rings. The van der Waals surface area contributed by atoms with Gasteiger partial charge in [-0.3, -0.25) is 4.79 Å². The molecule has 1 saturated heterocycles. The molecule has 7 heteroatoms. The van der Waals surface area contributed by atoms with Gasteiger partial charge in [0, 0.05) is 44.9 Å². The minimum atomic E-state index is 0.195. The van der Waals surface area contributed by atoms with Gasteiger partial charge in [-0.15, -0.1) is 0 Å². The minimum absolute atomic E-state index is 0.195. The van der Waals surface area contributed by atoms with Crippen LogP contribution in [-0.2, 0) is 18.3 Å². The molecule has 4 rings (SSSR count). The summed E-state index contributed by atoms with van der Waals surface area (Å²) >= 11 is 0. The first-order valence-electron chi connectivity index (χ1n) is 10.1. The number of rotatable bonds is 5. The number of carbonyl (C=O) groups is 1. The molecule has 0 N–H and O–H groups in total. The molecule has 7 nitrogen and oxygen atoms in total. The number of methoxy groups -OCH3 is 1. The number of nitrogens with zero attached hydrogens (tertiary/aromatic N) is 5. The van der Waals surface area contributed by atoms with Crippen LogP contribution in [0.3, 0.4) is 0 Å². The van der Waals surface area contributed by atoms with Crippen molar-refractivity contribution < 1.29 is 9.53 Å². The number of fused-ring (bicyclic) bond motifs is 1. The van der Waals surface area contributed by atoms with E-state index in [0.717, 1.165) is 53.1 Å². The van der Waals surface area contributed by atoms with Crippen LogP contribution in [0.4, 0.5) is 0 Å². The fourth-order valence-electron chi connectivity index (χ4n) is 4.14. The fourth-order valence-corrected chi connectivity index (χ4v) is 4.14. The van der Waals surface area contributed by atoms with Crippen LogP contribution >= 0.6 is 0 Å². The average molecular weight is 393 g/mol. The highest BCUT2D eigenvalue weighted by Crippen LogP contribution is 2.30. The highest BCUT2D eigenvalue weighted by atomic mass is 16.5. The predicted octanol–water partition coefficient (Wildman–Crippen LogP) is 3.02. The van der Waals surface area contributed by atoms with Crippen molar-refractivity contribution in [2.24, 2.45) is 7.05 Å². The van der Waals surface area contributed by atoms with Gasteiger partial charge < -0.3 is 9.64 Å². The number of carbonyl (C=O) groups excluding carboxylic acids is 1. The Morgan fingerprint density at radius 2 is 2.10 bits per heavy atom. The summed E-state index contributed by atoms with van der Waals surface area (Å²) in [5.41, 5.74) is 4.82. The molecule has 1 amide bonds. The second-order valence-corrected chi connectivity index (χ2v) is 7.72. The third kappa shape index (κ3) is 3.95. The lowest BCUT2D eigenvalue weighted by molar-refractivity contribution is -0.132. The molecule has 0 spiro atoms. The van der Waals surface area contributed by atoms with Gasteiger partial charge in [0.2, 0.25) is 5.91 Å². The Morgan fingerprint density at radius 3 is 2.93 bits per heavy atom. The van der Waals surface area contributed by atoms with Gasteiger partial charge in [-0.05, 0) is 43.4 Å². The van der Waals surface area contributed by atoms with Gasteiger partial charge in [0.1, 0.15) is 11.3 Å². The summed E-state index contributed by atoms with van der Waals surface area (Å²) in [4.78, 5) is 23.7. The molecule has 3 aromatic rings. The molecule has 0 aliphatic carbocycles. The number of aromatic nitrogens is 4. The van der Waals surface area contributed by atoms with Gasteiger partial charge in [-0.1, -0.05) is 12.1 Å². The van der Waals surface area contributed by atoms with Crippen molar-refractivity contribution in [3.05, 3.63) is 47.4 Å². The molecule has 0 bridgehead atoms. The molecule has 0 unspecified atom stereocenters. The molecule has 0 saturated carbocycles. The smallest absolute Gasteiger partial charge is 0.222 e. The lowest BCUT2D eigenvalue weighted by atomic mass is 9.94. The van der Waals surface area contributed by atoms with Crippen LogP contribution in [0.5, 0.6) is 5.75 Å². The van der Waals surface area contributed by atoms with Crippen LogP contribution in [0.15, 0.2) is 30.6 Å². The highest BCUT2D eigenvalue weighted by Gasteiger charge is 2.28. The van der Waals surface area contributed by atoms with Gasteiger partial charge in [0.25, 0.3) is 0 Å². The van der Waals surface area contributed by atoms with E-state index in [1.165, 1.54) is 0 Å². The van der Waals surface area contributed by atoms with Crippen LogP contribution in [-0.4, -0.2) is 50.8 Å². The second-order valence-electron chi connectivity index (χ2n) is 7.72. The van der Waals surface area contributed by atoms with Gasteiger partial charge in [0.15, 0.2) is 5.65 Å². The average Bonchev–Trinajstić information content (AvgIpc) is 3.10. The highest BCUT2D eigenvalue weighted by molar-refractivity contribution is 5.77. The monoisotopic (exact) mass is 393 g/mol. The van der Waals surface area contributed by atoms with Crippen molar-refractivity contribution in [2.75, 3.05) is 20.2 Å². The first kappa shape index (κ1) is 19.4. The first-order valence-corrected chi connectivity index (χ1v) is 10.1. The summed E-state index contributed by atoms with van der Waals surface area (Å²) in [7, 11) is 3.57. The quantitative estimate of drug-likeness (QED) is 0.666. The molecule has 152 valence electrons. The molecule has 3 heterocycles. The Bertz CT molecular complexity index is 1030. The SMILES string of the molecule is COc1cc(CCC(=O)N2CCC[C@@H](c3nn(C)c4nccnc34)C2)ccc1C. The standard InChI is InChI=1S/C22H27N5O2/c1-15-6-7-16(13-18(15)29-3)8-9-19(28)27-12-4-5-17(14-27)20-21-22(26(2)25-20)24-11-10-23-21/h6-7,10-11,13,17H,4-5,8-9,12,14H2,1-3H3/t17-/m1/s1. The first-order chi connectivity index (χ1) is 14.1. The van der Waals surface area contributed by atoms with Crippen LogP contribution in [0, 0.1) is 6.92 Å². The predicted molar refractivity (Wildman–Crippen MR) is 111 cm³/mol. The fraction of sp³-hybridized carbons (Fsp3) is 0.455. The minimum Gasteiger partial charge on any atom is -0.496 e. The summed E-state index contributed by atoms with van der Waals surface area (Å²) < 4.78 is 7.17.